The summed E-state index contributed by atoms with van der Waals surface area (Å²) < 4.78 is 1.73. The number of aryl methyl sites for hydroxylation is 1. The Morgan fingerprint density at radius 2 is 2.19 bits per heavy atom. The van der Waals surface area contributed by atoms with Crippen LogP contribution >= 0.6 is 0 Å². The summed E-state index contributed by atoms with van der Waals surface area (Å²) in [5, 5.41) is 0. The minimum atomic E-state index is -0.214. The second kappa shape index (κ2) is 3.59. The number of amides is 1. The molecule has 88 valence electrons. The number of hydrogen-bond acceptors (Lipinski definition) is 3. The Kier molecular flexibility index (Phi) is 2.50. The Morgan fingerprint density at radius 3 is 2.62 bits per heavy atom. The van der Waals surface area contributed by atoms with E-state index in [-0.39, 0.29) is 11.4 Å². The van der Waals surface area contributed by atoms with Gasteiger partial charge in [-0.2, -0.15) is 0 Å². The van der Waals surface area contributed by atoms with Crippen molar-refractivity contribution in [3.8, 4) is 0 Å². The molecule has 0 aliphatic carbocycles. The molecule has 0 saturated carbocycles. The van der Waals surface area contributed by atoms with Crippen molar-refractivity contribution in [1.29, 1.82) is 0 Å². The van der Waals surface area contributed by atoms with Crippen LogP contribution in [0.1, 0.15) is 24.3 Å². The maximum absolute atomic E-state index is 12.0. The fourth-order valence-corrected chi connectivity index (χ4v) is 1.90. The van der Waals surface area contributed by atoms with Crippen molar-refractivity contribution < 1.29 is 4.79 Å². The van der Waals surface area contributed by atoms with Crippen LogP contribution in [-0.4, -0.2) is 39.0 Å². The summed E-state index contributed by atoms with van der Waals surface area (Å²) in [7, 11) is 1.82. The van der Waals surface area contributed by atoms with Gasteiger partial charge in [-0.05, 0) is 5.92 Å². The number of carbonyl (C=O) groups excluding carboxylic acids is 1. The molecule has 2 rings (SSSR count). The summed E-state index contributed by atoms with van der Waals surface area (Å²) in [6, 6.07) is 0. The lowest BCUT2D eigenvalue weighted by molar-refractivity contribution is 0.0266. The fraction of sp³-hybridized carbons (Fsp3) is 0.636. The number of likely N-dealkylation sites (tertiary alicyclic amines) is 1. The van der Waals surface area contributed by atoms with E-state index in [9.17, 15) is 4.79 Å². The van der Waals surface area contributed by atoms with Crippen molar-refractivity contribution in [2.24, 2.45) is 18.7 Å². The van der Waals surface area contributed by atoms with Crippen LogP contribution in [0.3, 0.4) is 0 Å². The molecule has 0 aromatic carbocycles. The number of nitrogens with two attached hydrogens (primary N) is 1. The minimum absolute atomic E-state index is 0.0155. The number of aromatic nitrogens is 2. The molecule has 1 aromatic rings. The first-order chi connectivity index (χ1) is 7.44. The second-order valence-corrected chi connectivity index (χ2v) is 4.94. The Hall–Kier alpha value is -1.36. The first-order valence-electron chi connectivity index (χ1n) is 5.48. The van der Waals surface area contributed by atoms with E-state index in [0.29, 0.717) is 24.7 Å². The van der Waals surface area contributed by atoms with E-state index >= 15 is 0 Å². The third-order valence-corrected chi connectivity index (χ3v) is 3.44. The summed E-state index contributed by atoms with van der Waals surface area (Å²) in [4.78, 5) is 17.7. The molecule has 1 aromatic heterocycles. The van der Waals surface area contributed by atoms with Crippen LogP contribution in [0.25, 0.3) is 0 Å². The third kappa shape index (κ3) is 1.61. The smallest absolute Gasteiger partial charge is 0.272 e. The number of hydrogen-bond donors (Lipinski definition) is 1. The van der Waals surface area contributed by atoms with Gasteiger partial charge >= 0.3 is 0 Å². The van der Waals surface area contributed by atoms with Crippen molar-refractivity contribution in [3.63, 3.8) is 0 Å². The van der Waals surface area contributed by atoms with Crippen LogP contribution in [0.15, 0.2) is 12.5 Å². The lowest BCUT2D eigenvalue weighted by Crippen LogP contribution is -2.71. The van der Waals surface area contributed by atoms with Crippen molar-refractivity contribution in [2.45, 2.75) is 19.4 Å². The van der Waals surface area contributed by atoms with Crippen LogP contribution in [0.2, 0.25) is 0 Å². The summed E-state index contributed by atoms with van der Waals surface area (Å²) in [6.07, 6.45) is 3.22. The molecule has 0 unspecified atom stereocenters. The van der Waals surface area contributed by atoms with E-state index in [4.69, 9.17) is 5.73 Å². The highest BCUT2D eigenvalue weighted by Crippen LogP contribution is 2.27. The Morgan fingerprint density at radius 1 is 1.56 bits per heavy atom. The van der Waals surface area contributed by atoms with Gasteiger partial charge in [-0.3, -0.25) is 4.79 Å². The highest BCUT2D eigenvalue weighted by Gasteiger charge is 2.44. The van der Waals surface area contributed by atoms with Crippen LogP contribution in [-0.2, 0) is 7.05 Å². The van der Waals surface area contributed by atoms with Crippen LogP contribution < -0.4 is 5.73 Å². The quantitative estimate of drug-likeness (QED) is 0.779. The first kappa shape index (κ1) is 11.1. The zero-order valence-electron chi connectivity index (χ0n) is 9.97. The molecule has 0 radical (unpaired) electrons. The third-order valence-electron chi connectivity index (χ3n) is 3.44. The topological polar surface area (TPSA) is 64.2 Å². The zero-order chi connectivity index (χ0) is 11.9. The second-order valence-electron chi connectivity index (χ2n) is 4.94. The van der Waals surface area contributed by atoms with Gasteiger partial charge in [0.15, 0.2) is 0 Å². The largest absolute Gasteiger partial charge is 0.333 e. The molecule has 16 heavy (non-hydrogen) atoms. The van der Waals surface area contributed by atoms with Gasteiger partial charge in [0.05, 0.1) is 18.1 Å². The average molecular weight is 222 g/mol. The predicted molar refractivity (Wildman–Crippen MR) is 60.9 cm³/mol. The molecule has 5 nitrogen and oxygen atoms in total. The lowest BCUT2D eigenvalue weighted by atomic mass is 9.80. The van der Waals surface area contributed by atoms with Gasteiger partial charge in [-0.15, -0.1) is 0 Å². The standard InChI is InChI=1S/C11H18N4O/c1-8(2)11(12)5-15(6-11)10(16)9-4-13-7-14(9)3/h4,7-8H,5-6,12H2,1-3H3. The van der Waals surface area contributed by atoms with Crippen molar-refractivity contribution >= 4 is 5.91 Å². The summed E-state index contributed by atoms with van der Waals surface area (Å²) >= 11 is 0. The van der Waals surface area contributed by atoms with E-state index < -0.39 is 0 Å². The number of carbonyl (C=O) groups is 1. The molecule has 0 bridgehead atoms. The molecular weight excluding hydrogens is 204 g/mol. The van der Waals surface area contributed by atoms with Crippen molar-refractivity contribution in [2.75, 3.05) is 13.1 Å². The van der Waals surface area contributed by atoms with Crippen LogP contribution in [0.5, 0.6) is 0 Å². The molecule has 2 N–H and O–H groups in total. The molecule has 1 amide bonds. The minimum Gasteiger partial charge on any atom is -0.333 e. The summed E-state index contributed by atoms with van der Waals surface area (Å²) in [5.74, 6) is 0.407. The van der Waals surface area contributed by atoms with E-state index in [1.165, 1.54) is 0 Å². The first-order valence-corrected chi connectivity index (χ1v) is 5.48. The zero-order valence-corrected chi connectivity index (χ0v) is 9.97. The normalized spacial score (nSPS) is 18.7. The average Bonchev–Trinajstić information content (AvgIpc) is 2.58. The molecule has 0 spiro atoms. The molecule has 2 heterocycles. The predicted octanol–water partition coefficient (Wildman–Crippen LogP) is 0.229. The van der Waals surface area contributed by atoms with E-state index in [1.54, 1.807) is 22.0 Å². The van der Waals surface area contributed by atoms with Gasteiger partial charge in [-0.25, -0.2) is 4.98 Å². The van der Waals surface area contributed by atoms with Crippen molar-refractivity contribution in [3.05, 3.63) is 18.2 Å². The van der Waals surface area contributed by atoms with E-state index in [1.807, 2.05) is 7.05 Å². The van der Waals surface area contributed by atoms with Gasteiger partial charge in [0.2, 0.25) is 0 Å². The highest BCUT2D eigenvalue weighted by atomic mass is 16.2. The Bertz CT molecular complexity index is 404. The molecule has 1 aliphatic rings. The summed E-state index contributed by atoms with van der Waals surface area (Å²) in [6.45, 7) is 5.45. The van der Waals surface area contributed by atoms with Gasteiger partial charge in [0.25, 0.3) is 5.91 Å². The monoisotopic (exact) mass is 222 g/mol. The fourth-order valence-electron chi connectivity index (χ4n) is 1.90. The van der Waals surface area contributed by atoms with Gasteiger partial charge in [0, 0.05) is 20.1 Å². The Balaban J connectivity index is 2.04. The summed E-state index contributed by atoms with van der Waals surface area (Å²) in [5.41, 5.74) is 6.55. The number of rotatable bonds is 2. The number of nitrogens with zero attached hydrogens (tertiary/aromatic N) is 3. The van der Waals surface area contributed by atoms with E-state index in [0.717, 1.165) is 0 Å². The molecule has 1 fully saturated rings. The van der Waals surface area contributed by atoms with Crippen molar-refractivity contribution in [1.82, 2.24) is 14.5 Å². The molecule has 5 heteroatoms. The van der Waals surface area contributed by atoms with Gasteiger partial charge < -0.3 is 15.2 Å². The highest BCUT2D eigenvalue weighted by molar-refractivity contribution is 5.93. The van der Waals surface area contributed by atoms with Crippen LogP contribution in [0, 0.1) is 5.92 Å². The SMILES string of the molecule is CC(C)C1(N)CN(C(=O)c2cncn2C)C1. The maximum Gasteiger partial charge on any atom is 0.272 e. The lowest BCUT2D eigenvalue weighted by Gasteiger charge is -2.50. The van der Waals surface area contributed by atoms with Crippen LogP contribution in [0.4, 0.5) is 0 Å². The molecule has 1 saturated heterocycles. The van der Waals surface area contributed by atoms with Gasteiger partial charge in [-0.1, -0.05) is 13.8 Å². The molecular formula is C11H18N4O. The Labute approximate surface area is 95.2 Å². The maximum atomic E-state index is 12.0. The van der Waals surface area contributed by atoms with Gasteiger partial charge in [0.1, 0.15) is 5.69 Å². The van der Waals surface area contributed by atoms with E-state index in [2.05, 4.69) is 18.8 Å². The molecule has 0 atom stereocenters. The number of imidazole rings is 1. The molecule has 1 aliphatic heterocycles.